The van der Waals surface area contributed by atoms with Crippen LogP contribution in [0.15, 0.2) is 59.7 Å². The second kappa shape index (κ2) is 8.98. The summed E-state index contributed by atoms with van der Waals surface area (Å²) in [5.74, 6) is 1.77. The van der Waals surface area contributed by atoms with Crippen LogP contribution < -0.4 is 10.2 Å². The molecular weight excluding hydrogens is 374 g/mol. The smallest absolute Gasteiger partial charge is 0.194 e. The summed E-state index contributed by atoms with van der Waals surface area (Å²) in [6, 6.07) is 16.7. The molecule has 0 saturated carbocycles. The quantitative estimate of drug-likeness (QED) is 0.536. The van der Waals surface area contributed by atoms with Gasteiger partial charge in [-0.25, -0.2) is 9.67 Å². The highest BCUT2D eigenvalue weighted by molar-refractivity contribution is 5.80. The van der Waals surface area contributed by atoms with Gasteiger partial charge in [0.25, 0.3) is 0 Å². The first-order chi connectivity index (χ1) is 14.6. The Morgan fingerprint density at radius 1 is 1.03 bits per heavy atom. The van der Waals surface area contributed by atoms with Gasteiger partial charge in [0, 0.05) is 57.3 Å². The lowest BCUT2D eigenvalue weighted by atomic mass is 10.2. The van der Waals surface area contributed by atoms with E-state index in [0.29, 0.717) is 6.54 Å². The Labute approximate surface area is 178 Å². The zero-order chi connectivity index (χ0) is 20.9. The second-order valence-electron chi connectivity index (χ2n) is 7.57. The minimum atomic E-state index is 0.690. The maximum Gasteiger partial charge on any atom is 0.194 e. The molecule has 0 unspecified atom stereocenters. The normalized spacial score (nSPS) is 14.8. The molecular formula is C23H29N7. The van der Waals surface area contributed by atoms with Crippen LogP contribution in [0.1, 0.15) is 17.0 Å². The van der Waals surface area contributed by atoms with Crippen molar-refractivity contribution in [2.75, 3.05) is 38.1 Å². The molecule has 3 aromatic rings. The van der Waals surface area contributed by atoms with E-state index in [1.165, 1.54) is 5.69 Å². The van der Waals surface area contributed by atoms with E-state index < -0.39 is 0 Å². The van der Waals surface area contributed by atoms with Crippen LogP contribution in [0.5, 0.6) is 0 Å². The third-order valence-electron chi connectivity index (χ3n) is 5.40. The fourth-order valence-corrected chi connectivity index (χ4v) is 3.84. The molecule has 0 amide bonds. The molecule has 1 aromatic carbocycles. The van der Waals surface area contributed by atoms with Crippen molar-refractivity contribution in [2.24, 2.45) is 4.99 Å². The van der Waals surface area contributed by atoms with Gasteiger partial charge in [-0.2, -0.15) is 5.10 Å². The summed E-state index contributed by atoms with van der Waals surface area (Å²) in [7, 11) is 1.84. The average Bonchev–Trinajstić information content (AvgIpc) is 3.13. The molecule has 7 heteroatoms. The molecule has 1 saturated heterocycles. The van der Waals surface area contributed by atoms with Crippen molar-refractivity contribution >= 4 is 11.6 Å². The SMILES string of the molecule is CN=C(NCc1ccc(-n2nc(C)cc2C)nc1)N1CCN(c2ccccc2)CC1. The van der Waals surface area contributed by atoms with Crippen molar-refractivity contribution in [2.45, 2.75) is 20.4 Å². The van der Waals surface area contributed by atoms with E-state index in [9.17, 15) is 0 Å². The molecule has 3 heterocycles. The van der Waals surface area contributed by atoms with Gasteiger partial charge in [-0.3, -0.25) is 4.99 Å². The van der Waals surface area contributed by atoms with Gasteiger partial charge in [0.1, 0.15) is 0 Å². The number of hydrogen-bond donors (Lipinski definition) is 1. The van der Waals surface area contributed by atoms with Crippen molar-refractivity contribution < 1.29 is 0 Å². The van der Waals surface area contributed by atoms with Crippen molar-refractivity contribution in [3.05, 3.63) is 71.7 Å². The number of hydrogen-bond acceptors (Lipinski definition) is 4. The molecule has 1 aliphatic heterocycles. The number of benzene rings is 1. The third kappa shape index (κ3) is 4.45. The van der Waals surface area contributed by atoms with Gasteiger partial charge in [0.15, 0.2) is 11.8 Å². The molecule has 2 aromatic heterocycles. The predicted molar refractivity (Wildman–Crippen MR) is 121 cm³/mol. The van der Waals surface area contributed by atoms with Gasteiger partial charge in [0.2, 0.25) is 0 Å². The van der Waals surface area contributed by atoms with E-state index in [1.54, 1.807) is 0 Å². The second-order valence-corrected chi connectivity index (χ2v) is 7.57. The zero-order valence-corrected chi connectivity index (χ0v) is 17.9. The van der Waals surface area contributed by atoms with Gasteiger partial charge in [0.05, 0.1) is 5.69 Å². The minimum Gasteiger partial charge on any atom is -0.368 e. The van der Waals surface area contributed by atoms with Crippen LogP contribution in [0.2, 0.25) is 0 Å². The number of nitrogens with one attached hydrogen (secondary N) is 1. The Morgan fingerprint density at radius 2 is 1.80 bits per heavy atom. The standard InChI is InChI=1S/C23H29N7/c1-18-15-19(2)30(27-18)22-10-9-20(16-25-22)17-26-23(24-3)29-13-11-28(12-14-29)21-7-5-4-6-8-21/h4-10,15-16H,11-14,17H2,1-3H3,(H,24,26). The molecule has 0 aliphatic carbocycles. The fraction of sp³-hybridized carbons (Fsp3) is 0.348. The summed E-state index contributed by atoms with van der Waals surface area (Å²) in [5.41, 5.74) is 4.48. The predicted octanol–water partition coefficient (Wildman–Crippen LogP) is 2.78. The van der Waals surface area contributed by atoms with Gasteiger partial charge >= 0.3 is 0 Å². The lowest BCUT2D eigenvalue weighted by Gasteiger charge is -2.37. The van der Waals surface area contributed by atoms with E-state index in [1.807, 2.05) is 37.8 Å². The lowest BCUT2D eigenvalue weighted by Crippen LogP contribution is -2.52. The summed E-state index contributed by atoms with van der Waals surface area (Å²) >= 11 is 0. The molecule has 156 valence electrons. The molecule has 0 radical (unpaired) electrons. The number of nitrogens with zero attached hydrogens (tertiary/aromatic N) is 6. The molecule has 1 N–H and O–H groups in total. The minimum absolute atomic E-state index is 0.690. The molecule has 0 atom stereocenters. The number of pyridine rings is 1. The maximum absolute atomic E-state index is 4.58. The first-order valence-corrected chi connectivity index (χ1v) is 10.4. The van der Waals surface area contributed by atoms with Gasteiger partial charge in [-0.15, -0.1) is 0 Å². The van der Waals surface area contributed by atoms with E-state index >= 15 is 0 Å². The van der Waals surface area contributed by atoms with Crippen LogP contribution in [0.25, 0.3) is 5.82 Å². The van der Waals surface area contributed by atoms with E-state index in [4.69, 9.17) is 0 Å². The van der Waals surface area contributed by atoms with Crippen LogP contribution in [-0.4, -0.2) is 58.9 Å². The van der Waals surface area contributed by atoms with Gasteiger partial charge < -0.3 is 15.1 Å². The van der Waals surface area contributed by atoms with Crippen LogP contribution in [0, 0.1) is 13.8 Å². The summed E-state index contributed by atoms with van der Waals surface area (Å²) in [4.78, 5) is 13.8. The Bertz CT molecular complexity index is 984. The highest BCUT2D eigenvalue weighted by Crippen LogP contribution is 2.16. The maximum atomic E-state index is 4.58. The van der Waals surface area contributed by atoms with Crippen LogP contribution in [0.3, 0.4) is 0 Å². The Morgan fingerprint density at radius 3 is 2.40 bits per heavy atom. The Kier molecular flexibility index (Phi) is 5.97. The molecule has 1 fully saturated rings. The van der Waals surface area contributed by atoms with Crippen LogP contribution >= 0.6 is 0 Å². The third-order valence-corrected chi connectivity index (χ3v) is 5.40. The summed E-state index contributed by atoms with van der Waals surface area (Å²) in [6.07, 6.45) is 1.90. The van der Waals surface area contributed by atoms with Crippen molar-refractivity contribution in [1.29, 1.82) is 0 Å². The largest absolute Gasteiger partial charge is 0.368 e. The Hall–Kier alpha value is -3.35. The first-order valence-electron chi connectivity index (χ1n) is 10.4. The number of anilines is 1. The first kappa shape index (κ1) is 19.9. The van der Waals surface area contributed by atoms with Crippen molar-refractivity contribution in [1.82, 2.24) is 25.0 Å². The molecule has 1 aliphatic rings. The average molecular weight is 404 g/mol. The van der Waals surface area contributed by atoms with Crippen molar-refractivity contribution in [3.63, 3.8) is 0 Å². The summed E-state index contributed by atoms with van der Waals surface area (Å²) in [5, 5.41) is 7.98. The number of aromatic nitrogens is 3. The fourth-order valence-electron chi connectivity index (χ4n) is 3.84. The number of aryl methyl sites for hydroxylation is 2. The number of para-hydroxylation sites is 1. The van der Waals surface area contributed by atoms with Crippen molar-refractivity contribution in [3.8, 4) is 5.82 Å². The summed E-state index contributed by atoms with van der Waals surface area (Å²) in [6.45, 7) is 8.60. The van der Waals surface area contributed by atoms with Gasteiger partial charge in [-0.1, -0.05) is 24.3 Å². The summed E-state index contributed by atoms with van der Waals surface area (Å²) < 4.78 is 1.87. The number of rotatable bonds is 4. The molecule has 7 nitrogen and oxygen atoms in total. The van der Waals surface area contributed by atoms with Gasteiger partial charge in [-0.05, 0) is 43.7 Å². The monoisotopic (exact) mass is 403 g/mol. The Balaban J connectivity index is 1.32. The molecule has 4 rings (SSSR count). The zero-order valence-electron chi connectivity index (χ0n) is 17.9. The molecule has 0 spiro atoms. The number of piperazine rings is 1. The highest BCUT2D eigenvalue weighted by atomic mass is 15.3. The molecule has 30 heavy (non-hydrogen) atoms. The molecule has 0 bridgehead atoms. The van der Waals surface area contributed by atoms with E-state index in [0.717, 1.165) is 54.9 Å². The highest BCUT2D eigenvalue weighted by Gasteiger charge is 2.19. The number of guanidine groups is 1. The van der Waals surface area contributed by atoms with Crippen LogP contribution in [0.4, 0.5) is 5.69 Å². The van der Waals surface area contributed by atoms with E-state index in [-0.39, 0.29) is 0 Å². The van der Waals surface area contributed by atoms with E-state index in [2.05, 4.69) is 72.7 Å². The van der Waals surface area contributed by atoms with Crippen LogP contribution in [-0.2, 0) is 6.54 Å². The number of aliphatic imine (C=N–C) groups is 1. The lowest BCUT2D eigenvalue weighted by molar-refractivity contribution is 0.372. The topological polar surface area (TPSA) is 61.6 Å².